The summed E-state index contributed by atoms with van der Waals surface area (Å²) in [5, 5.41) is 9.17. The lowest BCUT2D eigenvalue weighted by molar-refractivity contribution is 0.886. The number of fused-ring (bicyclic) bond motifs is 8. The van der Waals surface area contributed by atoms with Gasteiger partial charge in [-0.1, -0.05) is 249 Å². The quantitative estimate of drug-likeness (QED) is 0.121. The average molecular weight is 1330 g/mol. The van der Waals surface area contributed by atoms with Gasteiger partial charge in [0.1, 0.15) is 23.3 Å². The molecule has 0 aliphatic carbocycles. The summed E-state index contributed by atoms with van der Waals surface area (Å²) in [5.74, 6) is 3.70. The number of benzene rings is 16. The summed E-state index contributed by atoms with van der Waals surface area (Å²) >= 11 is 0. The molecular weight excluding hydrogens is 1270 g/mol. The molecule has 0 fully saturated rings. The second-order valence-corrected chi connectivity index (χ2v) is 27.4. The average Bonchev–Trinajstić information content (AvgIpc) is 1.34. The topological polar surface area (TPSA) is 71.3 Å². The molecule has 0 atom stereocenters. The Labute approximate surface area is 601 Å². The molecule has 20 rings (SSSR count). The minimum absolute atomic E-state index is 0.851. The summed E-state index contributed by atoms with van der Waals surface area (Å²) in [4.78, 5) is 20.9. The van der Waals surface area contributed by atoms with Crippen molar-refractivity contribution in [2.75, 3.05) is 0 Å². The molecule has 0 saturated heterocycles. The van der Waals surface area contributed by atoms with Crippen LogP contribution in [0.3, 0.4) is 0 Å². The van der Waals surface area contributed by atoms with E-state index in [9.17, 15) is 0 Å². The highest BCUT2D eigenvalue weighted by molar-refractivity contribution is 6.22. The number of hydrogen-bond donors (Lipinski definition) is 0. The first-order valence-electron chi connectivity index (χ1n) is 35.5. The molecule has 0 aliphatic heterocycles. The fourth-order valence-corrected chi connectivity index (χ4v) is 16.4. The molecule has 0 amide bonds. The largest absolute Gasteiger partial charge is 0.331 e. The van der Waals surface area contributed by atoms with E-state index < -0.39 is 0 Å². The van der Waals surface area contributed by atoms with E-state index in [1.54, 1.807) is 0 Å². The highest BCUT2D eigenvalue weighted by Crippen LogP contribution is 2.50. The van der Waals surface area contributed by atoms with E-state index in [-0.39, 0.29) is 0 Å². The first-order valence-corrected chi connectivity index (χ1v) is 35.5. The van der Waals surface area contributed by atoms with Crippen molar-refractivity contribution in [3.8, 4) is 112 Å². The molecule has 104 heavy (non-hydrogen) atoms. The molecule has 4 heterocycles. The summed E-state index contributed by atoms with van der Waals surface area (Å²) in [6.45, 7) is 4.14. The molecule has 8 nitrogen and oxygen atoms in total. The third-order valence-electron chi connectivity index (χ3n) is 21.6. The van der Waals surface area contributed by atoms with Gasteiger partial charge >= 0.3 is 0 Å². The van der Waals surface area contributed by atoms with E-state index in [1.165, 1.54) is 27.1 Å². The third kappa shape index (κ3) is 9.67. The maximum Gasteiger partial charge on any atom is 0.145 e. The van der Waals surface area contributed by atoms with Gasteiger partial charge in [-0.15, -0.1) is 0 Å². The summed E-state index contributed by atoms with van der Waals surface area (Å²) in [6, 6.07) is 120. The van der Waals surface area contributed by atoms with E-state index in [0.29, 0.717) is 0 Å². The number of aromatic nitrogens is 8. The molecule has 0 radical (unpaired) electrons. The van der Waals surface area contributed by atoms with Gasteiger partial charge in [0, 0.05) is 36.0 Å². The Bertz CT molecular complexity index is 6730. The van der Waals surface area contributed by atoms with Crippen molar-refractivity contribution in [3.05, 3.63) is 339 Å². The molecule has 0 aliphatic rings. The van der Waals surface area contributed by atoms with Crippen molar-refractivity contribution in [3.63, 3.8) is 0 Å². The van der Waals surface area contributed by atoms with Crippen LogP contribution in [0, 0.1) is 13.8 Å². The lowest BCUT2D eigenvalue weighted by atomic mass is 9.83. The Kier molecular flexibility index (Phi) is 14.0. The number of aryl methyl sites for hydroxylation is 4. The predicted octanol–water partition coefficient (Wildman–Crippen LogP) is 24.4. The SMILES string of the molecule is Cc1nc2ccc(-c3cccc4c(-c5ccc(-c6ccc7c(c6)nc(-c6ccccc6)n7-c6cccc7c(-c8ccccc8-c8ccccc8)c8cccc(-n9c(-c%10ccccc%10)nc%10ccccc%109)c8cc67)cc5-c5ccccc5)c5cccc(-c6ccc7nc(C)n(C)c7c6)c5cc34)cc2n1C. The van der Waals surface area contributed by atoms with E-state index in [1.807, 2.05) is 0 Å². The molecule has 20 aromatic rings. The van der Waals surface area contributed by atoms with Crippen molar-refractivity contribution in [2.24, 2.45) is 14.1 Å². The maximum atomic E-state index is 5.75. The molecule has 8 heteroatoms. The molecule has 0 saturated carbocycles. The molecule has 0 unspecified atom stereocenters. The standard InChI is InChI=1S/C96H66N8/c1-59-97-84-50-46-67(55-91(84)101(59)3)70-35-21-37-73-79(70)57-80-71(68-47-51-85-92(56-68)102(4)60(2)98-85)36-22-38-74(80)94(73)77-49-45-65(53-78(77)62-27-11-6-12-28-62)66-48-52-90-86(54-66)100-96(64-31-15-8-16-32-64)104(90)88-44-24-40-76-82(88)58-81-75(93(76)72-34-18-17-33-69(72)61-25-9-5-10-26-61)39-23-43-87(81)103-89-42-20-19-41-83(89)99-95(103)63-29-13-7-14-30-63/h5-58H,1-4H3. The van der Waals surface area contributed by atoms with Gasteiger partial charge in [-0.25, -0.2) is 19.9 Å². The second-order valence-electron chi connectivity index (χ2n) is 27.4. The zero-order valence-electron chi connectivity index (χ0n) is 57.8. The Hall–Kier alpha value is -13.6. The summed E-state index contributed by atoms with van der Waals surface area (Å²) in [7, 11) is 4.21. The summed E-state index contributed by atoms with van der Waals surface area (Å²) in [5.41, 5.74) is 28.1. The Morgan fingerprint density at radius 3 is 1.14 bits per heavy atom. The van der Waals surface area contributed by atoms with Gasteiger partial charge in [-0.3, -0.25) is 9.13 Å². The minimum atomic E-state index is 0.851. The third-order valence-corrected chi connectivity index (χ3v) is 21.6. The Morgan fingerprint density at radius 1 is 0.212 bits per heavy atom. The van der Waals surface area contributed by atoms with Gasteiger partial charge in [0.15, 0.2) is 0 Å². The Balaban J connectivity index is 0.809. The highest BCUT2D eigenvalue weighted by Gasteiger charge is 2.26. The summed E-state index contributed by atoms with van der Waals surface area (Å²) < 4.78 is 9.14. The molecule has 0 spiro atoms. The summed E-state index contributed by atoms with van der Waals surface area (Å²) in [6.07, 6.45) is 0. The van der Waals surface area contributed by atoms with Crippen LogP contribution in [-0.4, -0.2) is 38.2 Å². The van der Waals surface area contributed by atoms with Crippen molar-refractivity contribution in [1.29, 1.82) is 0 Å². The Morgan fingerprint density at radius 2 is 0.596 bits per heavy atom. The number of nitrogens with zero attached hydrogens (tertiary/aromatic N) is 8. The zero-order valence-corrected chi connectivity index (χ0v) is 57.8. The van der Waals surface area contributed by atoms with Crippen molar-refractivity contribution in [1.82, 2.24) is 38.2 Å². The van der Waals surface area contributed by atoms with Crippen LogP contribution in [0.2, 0.25) is 0 Å². The van der Waals surface area contributed by atoms with E-state index in [2.05, 4.69) is 374 Å². The van der Waals surface area contributed by atoms with E-state index >= 15 is 0 Å². The van der Waals surface area contributed by atoms with E-state index in [0.717, 1.165) is 184 Å². The highest BCUT2D eigenvalue weighted by atomic mass is 15.1. The number of hydrogen-bond acceptors (Lipinski definition) is 4. The number of rotatable bonds is 11. The fourth-order valence-electron chi connectivity index (χ4n) is 16.4. The first kappa shape index (κ1) is 60.4. The molecule has 4 aromatic heterocycles. The lowest BCUT2D eigenvalue weighted by Gasteiger charge is -2.21. The predicted molar refractivity (Wildman–Crippen MR) is 433 cm³/mol. The van der Waals surface area contributed by atoms with Gasteiger partial charge in [-0.2, -0.15) is 0 Å². The van der Waals surface area contributed by atoms with Crippen LogP contribution < -0.4 is 0 Å². The van der Waals surface area contributed by atoms with E-state index in [4.69, 9.17) is 19.9 Å². The molecule has 490 valence electrons. The minimum Gasteiger partial charge on any atom is -0.331 e. The van der Waals surface area contributed by atoms with Crippen LogP contribution in [0.15, 0.2) is 328 Å². The van der Waals surface area contributed by atoms with Crippen LogP contribution in [0.1, 0.15) is 11.6 Å². The van der Waals surface area contributed by atoms with Gasteiger partial charge in [0.2, 0.25) is 0 Å². The number of imidazole rings is 4. The van der Waals surface area contributed by atoms with Crippen molar-refractivity contribution in [2.45, 2.75) is 13.8 Å². The maximum absolute atomic E-state index is 5.75. The molecular formula is C96H66N8. The van der Waals surface area contributed by atoms with Gasteiger partial charge in [0.05, 0.1) is 55.5 Å². The zero-order chi connectivity index (χ0) is 69.3. The normalized spacial score (nSPS) is 11.8. The molecule has 0 bridgehead atoms. The van der Waals surface area contributed by atoms with Gasteiger partial charge < -0.3 is 9.13 Å². The van der Waals surface area contributed by atoms with Crippen LogP contribution in [0.5, 0.6) is 0 Å². The molecule has 0 N–H and O–H groups in total. The van der Waals surface area contributed by atoms with Crippen LogP contribution >= 0.6 is 0 Å². The first-order chi connectivity index (χ1) is 51.2. The fraction of sp³-hybridized carbons (Fsp3) is 0.0417. The van der Waals surface area contributed by atoms with Crippen LogP contribution in [-0.2, 0) is 14.1 Å². The molecule has 16 aromatic carbocycles. The van der Waals surface area contributed by atoms with Gasteiger partial charge in [0.25, 0.3) is 0 Å². The van der Waals surface area contributed by atoms with Crippen molar-refractivity contribution < 1.29 is 0 Å². The van der Waals surface area contributed by atoms with Crippen molar-refractivity contribution >= 4 is 87.2 Å². The van der Waals surface area contributed by atoms with Gasteiger partial charge in [-0.05, 0) is 203 Å². The lowest BCUT2D eigenvalue weighted by Crippen LogP contribution is -2.02. The second kappa shape index (κ2) is 24.1. The smallest absolute Gasteiger partial charge is 0.145 e. The monoisotopic (exact) mass is 1330 g/mol. The number of para-hydroxylation sites is 2. The van der Waals surface area contributed by atoms with Crippen LogP contribution in [0.4, 0.5) is 0 Å². The van der Waals surface area contributed by atoms with Crippen LogP contribution in [0.25, 0.3) is 199 Å².